The molecule has 0 bridgehead atoms. The third kappa shape index (κ3) is 1.70. The van der Waals surface area contributed by atoms with Crippen molar-refractivity contribution in [3.63, 3.8) is 0 Å². The molecule has 3 amide bonds. The Hall–Kier alpha value is -1.84. The van der Waals surface area contributed by atoms with E-state index in [1.54, 1.807) is 0 Å². The van der Waals surface area contributed by atoms with Gasteiger partial charge in [0.05, 0.1) is 12.2 Å². The van der Waals surface area contributed by atoms with Crippen molar-refractivity contribution in [1.82, 2.24) is 5.32 Å². The molecule has 1 aromatic rings. The van der Waals surface area contributed by atoms with Gasteiger partial charge in [-0.1, -0.05) is 6.07 Å². The van der Waals surface area contributed by atoms with Gasteiger partial charge in [0, 0.05) is 0 Å². The van der Waals surface area contributed by atoms with Crippen LogP contribution in [0.15, 0.2) is 18.2 Å². The lowest BCUT2D eigenvalue weighted by molar-refractivity contribution is -0.115. The van der Waals surface area contributed by atoms with E-state index in [0.29, 0.717) is 5.69 Å². The van der Waals surface area contributed by atoms with Crippen molar-refractivity contribution < 1.29 is 9.59 Å². The number of nitrogens with one attached hydrogen (secondary N) is 1. The van der Waals surface area contributed by atoms with Gasteiger partial charge in [0.1, 0.15) is 0 Å². The number of nitrogens with zero attached hydrogens (tertiary/aromatic N) is 1. The average molecular weight is 204 g/mol. The molecule has 1 saturated heterocycles. The molecular weight excluding hydrogens is 192 g/mol. The predicted octanol–water partition coefficient (Wildman–Crippen LogP) is 1.36. The molecule has 0 saturated carbocycles. The largest absolute Gasteiger partial charge is 0.329 e. The number of anilines is 1. The Morgan fingerprint density at radius 1 is 1.13 bits per heavy atom. The van der Waals surface area contributed by atoms with Gasteiger partial charge in [-0.15, -0.1) is 0 Å². The van der Waals surface area contributed by atoms with Crippen LogP contribution in [-0.2, 0) is 4.79 Å². The third-order valence-corrected chi connectivity index (χ3v) is 2.31. The highest BCUT2D eigenvalue weighted by molar-refractivity contribution is 6.19. The highest BCUT2D eigenvalue weighted by atomic mass is 16.2. The molecule has 1 aliphatic rings. The molecule has 4 nitrogen and oxygen atoms in total. The first-order chi connectivity index (χ1) is 7.08. The maximum atomic E-state index is 11.5. The fourth-order valence-electron chi connectivity index (χ4n) is 1.76. The van der Waals surface area contributed by atoms with Crippen molar-refractivity contribution in [1.29, 1.82) is 0 Å². The minimum atomic E-state index is -0.343. The molecule has 0 spiro atoms. The molecule has 4 heteroatoms. The Labute approximate surface area is 87.9 Å². The number of amides is 3. The highest BCUT2D eigenvalue weighted by Gasteiger charge is 2.29. The SMILES string of the molecule is Cc1cc(C)cc(N2C(=O)CNC2=O)c1. The average Bonchev–Trinajstić information content (AvgIpc) is 2.44. The zero-order valence-corrected chi connectivity index (χ0v) is 8.70. The van der Waals surface area contributed by atoms with Gasteiger partial charge in [-0.3, -0.25) is 4.79 Å². The van der Waals surface area contributed by atoms with Crippen LogP contribution in [0.1, 0.15) is 11.1 Å². The first-order valence-electron chi connectivity index (χ1n) is 4.77. The zero-order valence-electron chi connectivity index (χ0n) is 8.70. The Bertz CT molecular complexity index is 404. The summed E-state index contributed by atoms with van der Waals surface area (Å²) < 4.78 is 0. The molecule has 1 aromatic carbocycles. The number of benzene rings is 1. The molecule has 0 aromatic heterocycles. The second-order valence-electron chi connectivity index (χ2n) is 3.73. The summed E-state index contributed by atoms with van der Waals surface area (Å²) in [6.45, 7) is 3.97. The van der Waals surface area contributed by atoms with Crippen LogP contribution in [0, 0.1) is 13.8 Å². The van der Waals surface area contributed by atoms with E-state index < -0.39 is 0 Å². The summed E-state index contributed by atoms with van der Waals surface area (Å²) in [5, 5.41) is 2.49. The minimum Gasteiger partial charge on any atom is -0.328 e. The van der Waals surface area contributed by atoms with Crippen molar-refractivity contribution in [3.05, 3.63) is 29.3 Å². The Kier molecular flexibility index (Phi) is 2.19. The van der Waals surface area contributed by atoms with E-state index in [1.165, 1.54) is 4.90 Å². The summed E-state index contributed by atoms with van der Waals surface area (Å²) in [7, 11) is 0. The number of carbonyl (C=O) groups is 2. The van der Waals surface area contributed by atoms with Crippen LogP contribution in [0.5, 0.6) is 0 Å². The summed E-state index contributed by atoms with van der Waals surface area (Å²) >= 11 is 0. The summed E-state index contributed by atoms with van der Waals surface area (Å²) in [5.74, 6) is -0.204. The van der Waals surface area contributed by atoms with Gasteiger partial charge in [0.25, 0.3) is 5.91 Å². The molecule has 15 heavy (non-hydrogen) atoms. The third-order valence-electron chi connectivity index (χ3n) is 2.31. The Morgan fingerprint density at radius 2 is 1.73 bits per heavy atom. The predicted molar refractivity (Wildman–Crippen MR) is 56.8 cm³/mol. The summed E-state index contributed by atoms with van der Waals surface area (Å²) in [6.07, 6.45) is 0. The topological polar surface area (TPSA) is 49.4 Å². The fraction of sp³-hybridized carbons (Fsp3) is 0.273. The van der Waals surface area contributed by atoms with Crippen molar-refractivity contribution in [2.24, 2.45) is 0 Å². The van der Waals surface area contributed by atoms with Crippen LogP contribution in [0.2, 0.25) is 0 Å². The second kappa shape index (κ2) is 3.38. The van der Waals surface area contributed by atoms with E-state index in [4.69, 9.17) is 0 Å². The molecule has 1 heterocycles. The Balaban J connectivity index is 2.44. The van der Waals surface area contributed by atoms with Gasteiger partial charge in [0.15, 0.2) is 0 Å². The lowest BCUT2D eigenvalue weighted by Crippen LogP contribution is -2.30. The number of imide groups is 1. The lowest BCUT2D eigenvalue weighted by atomic mass is 10.1. The number of hydrogen-bond donors (Lipinski definition) is 1. The molecule has 1 fully saturated rings. The van der Waals surface area contributed by atoms with Crippen LogP contribution in [0.25, 0.3) is 0 Å². The molecule has 78 valence electrons. The maximum Gasteiger partial charge on any atom is 0.329 e. The van der Waals surface area contributed by atoms with E-state index in [9.17, 15) is 9.59 Å². The molecule has 1 N–H and O–H groups in total. The lowest BCUT2D eigenvalue weighted by Gasteiger charge is -2.13. The summed E-state index contributed by atoms with van der Waals surface area (Å²) in [6, 6.07) is 5.32. The molecule has 0 radical (unpaired) electrons. The van der Waals surface area contributed by atoms with Crippen molar-refractivity contribution in [3.8, 4) is 0 Å². The van der Waals surface area contributed by atoms with Gasteiger partial charge >= 0.3 is 6.03 Å². The fourth-order valence-corrected chi connectivity index (χ4v) is 1.76. The minimum absolute atomic E-state index is 0.0891. The number of carbonyl (C=O) groups excluding carboxylic acids is 2. The van der Waals surface area contributed by atoms with Crippen LogP contribution in [-0.4, -0.2) is 18.5 Å². The van der Waals surface area contributed by atoms with E-state index >= 15 is 0 Å². The molecule has 2 rings (SSSR count). The first-order valence-corrected chi connectivity index (χ1v) is 4.77. The zero-order chi connectivity index (χ0) is 11.0. The molecule has 0 unspecified atom stereocenters. The second-order valence-corrected chi connectivity index (χ2v) is 3.73. The van der Waals surface area contributed by atoms with Gasteiger partial charge < -0.3 is 5.32 Å². The van der Waals surface area contributed by atoms with E-state index in [-0.39, 0.29) is 18.5 Å². The normalized spacial score (nSPS) is 15.7. The van der Waals surface area contributed by atoms with Gasteiger partial charge in [-0.2, -0.15) is 0 Å². The summed E-state index contributed by atoms with van der Waals surface area (Å²) in [4.78, 5) is 24.0. The number of urea groups is 1. The van der Waals surface area contributed by atoms with Crippen LogP contribution in [0.4, 0.5) is 10.5 Å². The van der Waals surface area contributed by atoms with Gasteiger partial charge in [0.2, 0.25) is 0 Å². The quantitative estimate of drug-likeness (QED) is 0.702. The van der Waals surface area contributed by atoms with Gasteiger partial charge in [-0.25, -0.2) is 9.69 Å². The van der Waals surface area contributed by atoms with Crippen molar-refractivity contribution in [2.75, 3.05) is 11.4 Å². The highest BCUT2D eigenvalue weighted by Crippen LogP contribution is 2.20. The van der Waals surface area contributed by atoms with Gasteiger partial charge in [-0.05, 0) is 37.1 Å². The first kappa shape index (κ1) is 9.71. The Morgan fingerprint density at radius 3 is 2.20 bits per heavy atom. The smallest absolute Gasteiger partial charge is 0.328 e. The molecule has 0 atom stereocenters. The van der Waals surface area contributed by atoms with E-state index in [1.807, 2.05) is 32.0 Å². The molecule has 1 aliphatic heterocycles. The van der Waals surface area contributed by atoms with Crippen molar-refractivity contribution in [2.45, 2.75) is 13.8 Å². The number of hydrogen-bond acceptors (Lipinski definition) is 2. The standard InChI is InChI=1S/C11H12N2O2/c1-7-3-8(2)5-9(4-7)13-10(14)6-12-11(13)15/h3-5H,6H2,1-2H3,(H,12,15). The van der Waals surface area contributed by atoms with Crippen LogP contribution >= 0.6 is 0 Å². The van der Waals surface area contributed by atoms with E-state index in [0.717, 1.165) is 11.1 Å². The van der Waals surface area contributed by atoms with Crippen LogP contribution < -0.4 is 10.2 Å². The van der Waals surface area contributed by atoms with E-state index in [2.05, 4.69) is 5.32 Å². The number of rotatable bonds is 1. The van der Waals surface area contributed by atoms with Crippen molar-refractivity contribution >= 4 is 17.6 Å². The molecule has 0 aliphatic carbocycles. The maximum absolute atomic E-state index is 11.5. The summed E-state index contributed by atoms with van der Waals surface area (Å²) in [5.41, 5.74) is 2.72. The van der Waals surface area contributed by atoms with Crippen LogP contribution in [0.3, 0.4) is 0 Å². The monoisotopic (exact) mass is 204 g/mol. The number of aryl methyl sites for hydroxylation is 2. The molecular formula is C11H12N2O2.